The van der Waals surface area contributed by atoms with E-state index in [-0.39, 0.29) is 23.4 Å². The average molecular weight is 463 g/mol. The van der Waals surface area contributed by atoms with Gasteiger partial charge in [-0.15, -0.1) is 0 Å². The van der Waals surface area contributed by atoms with Crippen molar-refractivity contribution in [3.05, 3.63) is 88.2 Å². The number of carbonyl (C=O) groups is 1. The third kappa shape index (κ3) is 5.87. The molecule has 1 fully saturated rings. The highest BCUT2D eigenvalue weighted by Crippen LogP contribution is 2.29. The quantitative estimate of drug-likeness (QED) is 0.341. The van der Waals surface area contributed by atoms with Crippen LogP contribution in [0.4, 0.5) is 17.1 Å². The van der Waals surface area contributed by atoms with Gasteiger partial charge >= 0.3 is 0 Å². The van der Waals surface area contributed by atoms with Crippen LogP contribution in [0.5, 0.6) is 5.75 Å². The summed E-state index contributed by atoms with van der Waals surface area (Å²) in [5.41, 5.74) is 1.62. The lowest BCUT2D eigenvalue weighted by atomic mass is 10.1. The Morgan fingerprint density at radius 2 is 2.06 bits per heavy atom. The topological polar surface area (TPSA) is 116 Å². The van der Waals surface area contributed by atoms with Crippen molar-refractivity contribution >= 4 is 23.0 Å². The molecule has 0 radical (unpaired) electrons. The van der Waals surface area contributed by atoms with Gasteiger partial charge in [-0.2, -0.15) is 0 Å². The molecule has 2 aromatic carbocycles. The Morgan fingerprint density at radius 1 is 1.24 bits per heavy atom. The zero-order valence-electron chi connectivity index (χ0n) is 18.8. The van der Waals surface area contributed by atoms with Gasteiger partial charge in [0, 0.05) is 30.1 Å². The highest BCUT2D eigenvalue weighted by molar-refractivity contribution is 6.05. The number of rotatable bonds is 9. The number of nitrogens with one attached hydrogen (secondary N) is 2. The minimum absolute atomic E-state index is 0.125. The number of nitro benzene ring substituents is 1. The van der Waals surface area contributed by atoms with Gasteiger partial charge in [0.15, 0.2) is 0 Å². The van der Waals surface area contributed by atoms with Crippen molar-refractivity contribution in [1.82, 2.24) is 4.98 Å². The van der Waals surface area contributed by atoms with Gasteiger partial charge in [0.25, 0.3) is 11.6 Å². The molecule has 3 aromatic rings. The van der Waals surface area contributed by atoms with E-state index in [2.05, 4.69) is 15.6 Å². The zero-order chi connectivity index (χ0) is 23.9. The number of nitrogens with zero attached hydrogens (tertiary/aromatic N) is 2. The third-order valence-corrected chi connectivity index (χ3v) is 5.53. The van der Waals surface area contributed by atoms with Crippen molar-refractivity contribution in [3.63, 3.8) is 0 Å². The molecule has 34 heavy (non-hydrogen) atoms. The van der Waals surface area contributed by atoms with Crippen LogP contribution in [-0.4, -0.2) is 35.1 Å². The minimum Gasteiger partial charge on any atom is -0.491 e. The van der Waals surface area contributed by atoms with Crippen LogP contribution in [-0.2, 0) is 4.74 Å². The van der Waals surface area contributed by atoms with Crippen LogP contribution >= 0.6 is 0 Å². The van der Waals surface area contributed by atoms with Gasteiger partial charge in [0.05, 0.1) is 22.8 Å². The van der Waals surface area contributed by atoms with Crippen LogP contribution in [0.15, 0.2) is 66.9 Å². The standard InChI is InChI=1S/C25H26N4O5/c1-17(22-6-2-3-13-26-22)27-23-12-7-18(15-24(23)29(31)32)25(30)28-19-8-10-20(11-9-19)34-16-21-5-4-14-33-21/h2-3,6-13,15,17,21,27H,4-5,14,16H2,1H3,(H,28,30). The van der Waals surface area contributed by atoms with Crippen molar-refractivity contribution < 1.29 is 19.2 Å². The largest absolute Gasteiger partial charge is 0.491 e. The van der Waals surface area contributed by atoms with Gasteiger partial charge in [-0.25, -0.2) is 0 Å². The molecule has 1 aromatic heterocycles. The summed E-state index contributed by atoms with van der Waals surface area (Å²) < 4.78 is 11.3. The molecule has 0 saturated carbocycles. The molecule has 9 heteroatoms. The lowest BCUT2D eigenvalue weighted by molar-refractivity contribution is -0.384. The van der Waals surface area contributed by atoms with E-state index < -0.39 is 10.8 Å². The normalized spacial score (nSPS) is 16.0. The van der Waals surface area contributed by atoms with Crippen molar-refractivity contribution in [2.75, 3.05) is 23.8 Å². The molecule has 1 saturated heterocycles. The maximum absolute atomic E-state index is 12.7. The van der Waals surface area contributed by atoms with Gasteiger partial charge < -0.3 is 20.1 Å². The van der Waals surface area contributed by atoms with E-state index >= 15 is 0 Å². The van der Waals surface area contributed by atoms with E-state index in [1.807, 2.05) is 19.1 Å². The van der Waals surface area contributed by atoms with Crippen LogP contribution in [0.2, 0.25) is 0 Å². The highest BCUT2D eigenvalue weighted by atomic mass is 16.6. The second-order valence-corrected chi connectivity index (χ2v) is 8.03. The summed E-state index contributed by atoms with van der Waals surface area (Å²) in [7, 11) is 0. The summed E-state index contributed by atoms with van der Waals surface area (Å²) in [6, 6.07) is 16.6. The number of benzene rings is 2. The Hall–Kier alpha value is -3.98. The lowest BCUT2D eigenvalue weighted by Crippen LogP contribution is -2.16. The predicted molar refractivity (Wildman–Crippen MR) is 128 cm³/mol. The molecule has 2 atom stereocenters. The second-order valence-electron chi connectivity index (χ2n) is 8.03. The first-order chi connectivity index (χ1) is 16.5. The van der Waals surface area contributed by atoms with Crippen LogP contribution < -0.4 is 15.4 Å². The van der Waals surface area contributed by atoms with Gasteiger partial charge in [-0.3, -0.25) is 19.9 Å². The van der Waals surface area contributed by atoms with Gasteiger partial charge in [-0.1, -0.05) is 6.07 Å². The fraction of sp³-hybridized carbons (Fsp3) is 0.280. The van der Waals surface area contributed by atoms with Gasteiger partial charge in [-0.05, 0) is 68.3 Å². The number of nitro groups is 1. The number of aromatic nitrogens is 1. The molecule has 9 nitrogen and oxygen atoms in total. The van der Waals surface area contributed by atoms with E-state index in [1.165, 1.54) is 12.1 Å². The predicted octanol–water partition coefficient (Wildman–Crippen LogP) is 4.97. The van der Waals surface area contributed by atoms with Gasteiger partial charge in [0.1, 0.15) is 18.0 Å². The summed E-state index contributed by atoms with van der Waals surface area (Å²) in [6.45, 7) is 3.13. The molecule has 176 valence electrons. The molecule has 2 N–H and O–H groups in total. The van der Waals surface area contributed by atoms with Crippen molar-refractivity contribution in [2.45, 2.75) is 31.9 Å². The maximum atomic E-state index is 12.7. The van der Waals surface area contributed by atoms with E-state index in [0.29, 0.717) is 23.7 Å². The Kier molecular flexibility index (Phi) is 7.34. The smallest absolute Gasteiger partial charge is 0.293 e. The monoisotopic (exact) mass is 462 g/mol. The number of hydrogen-bond donors (Lipinski definition) is 2. The summed E-state index contributed by atoms with van der Waals surface area (Å²) in [6.07, 6.45) is 3.84. The van der Waals surface area contributed by atoms with E-state index in [9.17, 15) is 14.9 Å². The molecule has 0 spiro atoms. The molecule has 1 aliphatic rings. The number of carbonyl (C=O) groups excluding carboxylic acids is 1. The minimum atomic E-state index is -0.509. The first kappa shape index (κ1) is 23.2. The fourth-order valence-corrected chi connectivity index (χ4v) is 3.69. The summed E-state index contributed by atoms with van der Waals surface area (Å²) in [5, 5.41) is 17.5. The number of anilines is 2. The number of ether oxygens (including phenoxy) is 2. The number of pyridine rings is 1. The fourth-order valence-electron chi connectivity index (χ4n) is 3.69. The van der Waals surface area contributed by atoms with Crippen LogP contribution in [0.1, 0.15) is 41.9 Å². The van der Waals surface area contributed by atoms with E-state index in [0.717, 1.165) is 25.1 Å². The second kappa shape index (κ2) is 10.8. The molecule has 2 heterocycles. The number of hydrogen-bond acceptors (Lipinski definition) is 7. The molecular formula is C25H26N4O5. The van der Waals surface area contributed by atoms with Crippen LogP contribution in [0, 0.1) is 10.1 Å². The Labute approximate surface area is 197 Å². The highest BCUT2D eigenvalue weighted by Gasteiger charge is 2.20. The van der Waals surface area contributed by atoms with Crippen molar-refractivity contribution in [3.8, 4) is 5.75 Å². The van der Waals surface area contributed by atoms with Crippen molar-refractivity contribution in [2.24, 2.45) is 0 Å². The first-order valence-electron chi connectivity index (χ1n) is 11.1. The first-order valence-corrected chi connectivity index (χ1v) is 11.1. The third-order valence-electron chi connectivity index (χ3n) is 5.53. The molecule has 1 amide bonds. The molecule has 0 aliphatic carbocycles. The van der Waals surface area contributed by atoms with Crippen LogP contribution in [0.25, 0.3) is 0 Å². The van der Waals surface area contributed by atoms with Gasteiger partial charge in [0.2, 0.25) is 0 Å². The molecule has 2 unspecified atom stereocenters. The van der Waals surface area contributed by atoms with Crippen molar-refractivity contribution in [1.29, 1.82) is 0 Å². The summed E-state index contributed by atoms with van der Waals surface area (Å²) in [5.74, 6) is 0.238. The number of amides is 1. The summed E-state index contributed by atoms with van der Waals surface area (Å²) >= 11 is 0. The van der Waals surface area contributed by atoms with E-state index in [1.54, 1.807) is 42.6 Å². The lowest BCUT2D eigenvalue weighted by Gasteiger charge is -2.15. The molecule has 4 rings (SSSR count). The van der Waals surface area contributed by atoms with E-state index in [4.69, 9.17) is 9.47 Å². The molecular weight excluding hydrogens is 436 g/mol. The SMILES string of the molecule is CC(Nc1ccc(C(=O)Nc2ccc(OCC3CCCO3)cc2)cc1[N+](=O)[O-])c1ccccn1. The summed E-state index contributed by atoms with van der Waals surface area (Å²) in [4.78, 5) is 28.1. The molecule has 0 bridgehead atoms. The average Bonchev–Trinajstić information content (AvgIpc) is 3.38. The Bertz CT molecular complexity index is 1130. The van der Waals surface area contributed by atoms with Crippen LogP contribution in [0.3, 0.4) is 0 Å². The zero-order valence-corrected chi connectivity index (χ0v) is 18.8. The molecule has 1 aliphatic heterocycles. The Morgan fingerprint density at radius 3 is 2.74 bits per heavy atom. The Balaban J connectivity index is 1.40. The maximum Gasteiger partial charge on any atom is 0.293 e.